The number of nitrogens with zero attached hydrogens (tertiary/aromatic N) is 1. The van der Waals surface area contributed by atoms with Crippen molar-refractivity contribution in [1.82, 2.24) is 4.90 Å². The van der Waals surface area contributed by atoms with Gasteiger partial charge in [0.1, 0.15) is 18.1 Å². The summed E-state index contributed by atoms with van der Waals surface area (Å²) in [6, 6.07) is 16.8. The van der Waals surface area contributed by atoms with Gasteiger partial charge in [-0.15, -0.1) is 0 Å². The zero-order valence-corrected chi connectivity index (χ0v) is 12.3. The van der Waals surface area contributed by atoms with Crippen LogP contribution in [0.15, 0.2) is 54.6 Å². The average Bonchev–Trinajstić information content (AvgIpc) is 2.50. The van der Waals surface area contributed by atoms with Gasteiger partial charge in [0.15, 0.2) is 0 Å². The summed E-state index contributed by atoms with van der Waals surface area (Å²) in [5.74, 6) is 1.37. The highest BCUT2D eigenvalue weighted by Gasteiger charge is 2.11. The molecule has 21 heavy (non-hydrogen) atoms. The molecule has 2 aromatic carbocycles. The molecule has 0 radical (unpaired) electrons. The summed E-state index contributed by atoms with van der Waals surface area (Å²) in [7, 11) is 1.69. The number of benzene rings is 2. The lowest BCUT2D eigenvalue weighted by Crippen LogP contribution is -2.33. The summed E-state index contributed by atoms with van der Waals surface area (Å²) in [6.07, 6.45) is -0.394. The second-order valence-electron chi connectivity index (χ2n) is 4.72. The van der Waals surface area contributed by atoms with E-state index in [-0.39, 0.29) is 0 Å². The highest BCUT2D eigenvalue weighted by atomic mass is 16.6. The van der Waals surface area contributed by atoms with E-state index in [1.807, 2.05) is 49.4 Å². The monoisotopic (exact) mass is 285 g/mol. The number of hydrogen-bond acceptors (Lipinski definition) is 3. The van der Waals surface area contributed by atoms with Gasteiger partial charge in [-0.2, -0.15) is 0 Å². The summed E-state index contributed by atoms with van der Waals surface area (Å²) in [5.41, 5.74) is 1.08. The van der Waals surface area contributed by atoms with Crippen LogP contribution in [0.1, 0.15) is 5.56 Å². The predicted molar refractivity (Wildman–Crippen MR) is 81.8 cm³/mol. The summed E-state index contributed by atoms with van der Waals surface area (Å²) < 4.78 is 10.9. The molecule has 0 fully saturated rings. The maximum absolute atomic E-state index is 11.9. The molecule has 0 aliphatic heterocycles. The first-order valence-corrected chi connectivity index (χ1v) is 6.83. The van der Waals surface area contributed by atoms with Crippen LogP contribution in [0.5, 0.6) is 11.5 Å². The Bertz CT molecular complexity index is 584. The molecule has 110 valence electrons. The van der Waals surface area contributed by atoms with Gasteiger partial charge < -0.3 is 14.4 Å². The topological polar surface area (TPSA) is 38.8 Å². The summed E-state index contributed by atoms with van der Waals surface area (Å²) in [5, 5.41) is 0. The third-order valence-electron chi connectivity index (χ3n) is 3.04. The van der Waals surface area contributed by atoms with Crippen molar-refractivity contribution in [3.8, 4) is 11.5 Å². The summed E-state index contributed by atoms with van der Waals surface area (Å²) >= 11 is 0. The van der Waals surface area contributed by atoms with Gasteiger partial charge >= 0.3 is 6.09 Å². The molecule has 4 heteroatoms. The zero-order valence-electron chi connectivity index (χ0n) is 12.3. The van der Waals surface area contributed by atoms with E-state index < -0.39 is 6.09 Å². The fraction of sp³-hybridized carbons (Fsp3) is 0.235. The molecule has 2 rings (SSSR count). The van der Waals surface area contributed by atoms with Crippen molar-refractivity contribution in [3.05, 3.63) is 60.2 Å². The molecule has 0 aromatic heterocycles. The highest BCUT2D eigenvalue weighted by Crippen LogP contribution is 2.16. The standard InChI is InChI=1S/C17H19NO3/c1-14-8-6-7-11-16(14)20-13-12-18(2)17(19)21-15-9-4-3-5-10-15/h3-11H,12-13H2,1-2H3. The van der Waals surface area contributed by atoms with Gasteiger partial charge in [-0.1, -0.05) is 36.4 Å². The average molecular weight is 285 g/mol. The van der Waals surface area contributed by atoms with Crippen LogP contribution in [-0.2, 0) is 0 Å². The Morgan fingerprint density at radius 1 is 1.05 bits per heavy atom. The minimum absolute atomic E-state index is 0.394. The first-order chi connectivity index (χ1) is 10.2. The van der Waals surface area contributed by atoms with E-state index in [4.69, 9.17) is 9.47 Å². The Labute approximate surface area is 124 Å². The highest BCUT2D eigenvalue weighted by molar-refractivity contribution is 5.70. The number of amides is 1. The number of aryl methyl sites for hydroxylation is 1. The lowest BCUT2D eigenvalue weighted by Gasteiger charge is -2.17. The minimum Gasteiger partial charge on any atom is -0.491 e. The van der Waals surface area contributed by atoms with Gasteiger partial charge in [0.05, 0.1) is 6.54 Å². The van der Waals surface area contributed by atoms with Crippen molar-refractivity contribution in [1.29, 1.82) is 0 Å². The quantitative estimate of drug-likeness (QED) is 0.844. The van der Waals surface area contributed by atoms with Gasteiger partial charge in [0, 0.05) is 7.05 Å². The van der Waals surface area contributed by atoms with E-state index in [0.29, 0.717) is 18.9 Å². The molecule has 1 amide bonds. The Kier molecular flexibility index (Phi) is 5.21. The number of carbonyl (C=O) groups is 1. The molecule has 0 aliphatic rings. The van der Waals surface area contributed by atoms with Crippen LogP contribution in [0.3, 0.4) is 0 Å². The molecule has 0 saturated carbocycles. The molecule has 0 unspecified atom stereocenters. The van der Waals surface area contributed by atoms with Crippen LogP contribution in [0.2, 0.25) is 0 Å². The normalized spacial score (nSPS) is 10.0. The number of carbonyl (C=O) groups excluding carboxylic acids is 1. The Balaban J connectivity index is 1.78. The lowest BCUT2D eigenvalue weighted by molar-refractivity contribution is 0.153. The van der Waals surface area contributed by atoms with Gasteiger partial charge in [0.25, 0.3) is 0 Å². The fourth-order valence-electron chi connectivity index (χ4n) is 1.77. The molecule has 0 saturated heterocycles. The Morgan fingerprint density at radius 3 is 2.43 bits per heavy atom. The van der Waals surface area contributed by atoms with E-state index in [0.717, 1.165) is 11.3 Å². The fourth-order valence-corrected chi connectivity index (χ4v) is 1.77. The van der Waals surface area contributed by atoms with Gasteiger partial charge in [-0.25, -0.2) is 4.79 Å². The van der Waals surface area contributed by atoms with Crippen LogP contribution in [0, 0.1) is 6.92 Å². The van der Waals surface area contributed by atoms with Crippen LogP contribution in [-0.4, -0.2) is 31.2 Å². The Morgan fingerprint density at radius 2 is 1.71 bits per heavy atom. The maximum atomic E-state index is 11.9. The molecule has 0 bridgehead atoms. The second kappa shape index (κ2) is 7.33. The first-order valence-electron chi connectivity index (χ1n) is 6.83. The molecular formula is C17H19NO3. The molecule has 0 atom stereocenters. The number of ether oxygens (including phenoxy) is 2. The molecule has 0 heterocycles. The van der Waals surface area contributed by atoms with Crippen LogP contribution >= 0.6 is 0 Å². The van der Waals surface area contributed by atoms with Crippen LogP contribution in [0.25, 0.3) is 0 Å². The zero-order chi connectivity index (χ0) is 15.1. The number of hydrogen-bond donors (Lipinski definition) is 0. The van der Waals surface area contributed by atoms with Crippen molar-refractivity contribution in [2.45, 2.75) is 6.92 Å². The number of likely N-dealkylation sites (N-methyl/N-ethyl adjacent to an activating group) is 1. The van der Waals surface area contributed by atoms with E-state index in [2.05, 4.69) is 0 Å². The third-order valence-corrected chi connectivity index (χ3v) is 3.04. The van der Waals surface area contributed by atoms with E-state index >= 15 is 0 Å². The van der Waals surface area contributed by atoms with Gasteiger partial charge in [-0.05, 0) is 30.7 Å². The molecule has 4 nitrogen and oxygen atoms in total. The van der Waals surface area contributed by atoms with E-state index in [9.17, 15) is 4.79 Å². The van der Waals surface area contributed by atoms with Crippen LogP contribution in [0.4, 0.5) is 4.79 Å². The summed E-state index contributed by atoms with van der Waals surface area (Å²) in [4.78, 5) is 13.4. The van der Waals surface area contributed by atoms with Crippen molar-refractivity contribution in [2.24, 2.45) is 0 Å². The molecule has 0 aliphatic carbocycles. The Hall–Kier alpha value is -2.49. The van der Waals surface area contributed by atoms with Crippen LogP contribution < -0.4 is 9.47 Å². The molecular weight excluding hydrogens is 266 g/mol. The van der Waals surface area contributed by atoms with E-state index in [1.165, 1.54) is 4.90 Å². The SMILES string of the molecule is Cc1ccccc1OCCN(C)C(=O)Oc1ccccc1. The molecule has 0 N–H and O–H groups in total. The summed E-state index contributed by atoms with van der Waals surface area (Å²) in [6.45, 7) is 2.87. The second-order valence-corrected chi connectivity index (χ2v) is 4.72. The maximum Gasteiger partial charge on any atom is 0.415 e. The first kappa shape index (κ1) is 14.9. The van der Waals surface area contributed by atoms with Gasteiger partial charge in [-0.3, -0.25) is 0 Å². The molecule has 2 aromatic rings. The lowest BCUT2D eigenvalue weighted by atomic mass is 10.2. The van der Waals surface area contributed by atoms with Crippen molar-refractivity contribution in [2.75, 3.05) is 20.2 Å². The number of para-hydroxylation sites is 2. The minimum atomic E-state index is -0.394. The predicted octanol–water partition coefficient (Wildman–Crippen LogP) is 3.50. The van der Waals surface area contributed by atoms with Crippen molar-refractivity contribution < 1.29 is 14.3 Å². The van der Waals surface area contributed by atoms with Crippen molar-refractivity contribution >= 4 is 6.09 Å². The van der Waals surface area contributed by atoms with Crippen molar-refractivity contribution in [3.63, 3.8) is 0 Å². The third kappa shape index (κ3) is 4.53. The smallest absolute Gasteiger partial charge is 0.415 e. The molecule has 0 spiro atoms. The number of rotatable bonds is 5. The van der Waals surface area contributed by atoms with Gasteiger partial charge in [0.2, 0.25) is 0 Å². The van der Waals surface area contributed by atoms with E-state index in [1.54, 1.807) is 19.2 Å². The largest absolute Gasteiger partial charge is 0.491 e.